The Morgan fingerprint density at radius 2 is 1.52 bits per heavy atom. The fraction of sp³-hybridized carbons (Fsp3) is 0.208. The van der Waals surface area contributed by atoms with Crippen molar-refractivity contribution in [1.82, 2.24) is 0 Å². The average Bonchev–Trinajstić information content (AvgIpc) is 2.77. The van der Waals surface area contributed by atoms with Crippen molar-refractivity contribution < 1.29 is 19.0 Å². The van der Waals surface area contributed by atoms with Crippen LogP contribution in [0.5, 0.6) is 23.0 Å². The lowest BCUT2D eigenvalue weighted by molar-refractivity contribution is -0.118. The number of hydrogen-bond acceptors (Lipinski definition) is 4. The molecule has 0 aromatic heterocycles. The maximum Gasteiger partial charge on any atom is 0.227 e. The van der Waals surface area contributed by atoms with Crippen molar-refractivity contribution in [2.24, 2.45) is 0 Å². The minimum absolute atomic E-state index is 0.0200. The summed E-state index contributed by atoms with van der Waals surface area (Å²) in [6.07, 6.45) is 0.932. The molecule has 29 heavy (non-hydrogen) atoms. The third-order valence-corrected chi connectivity index (χ3v) is 4.67. The van der Waals surface area contributed by atoms with Gasteiger partial charge in [0.2, 0.25) is 5.91 Å². The monoisotopic (exact) mass is 391 g/mol. The normalized spacial score (nSPS) is 10.3. The van der Waals surface area contributed by atoms with Crippen LogP contribution in [0.2, 0.25) is 0 Å². The maximum absolute atomic E-state index is 12.7. The highest BCUT2D eigenvalue weighted by Gasteiger charge is 2.15. The zero-order valence-corrected chi connectivity index (χ0v) is 16.9. The van der Waals surface area contributed by atoms with E-state index in [0.717, 1.165) is 22.7 Å². The third kappa shape index (κ3) is 5.08. The average molecular weight is 391 g/mol. The number of methoxy groups -OCH3 is 2. The van der Waals surface area contributed by atoms with Gasteiger partial charge in [0.15, 0.2) is 11.5 Å². The summed E-state index contributed by atoms with van der Waals surface area (Å²) in [7, 11) is 4.98. The largest absolute Gasteiger partial charge is 0.493 e. The Kier molecular flexibility index (Phi) is 6.74. The van der Waals surface area contributed by atoms with Crippen LogP contribution >= 0.6 is 0 Å². The minimum atomic E-state index is 0.0200. The SMILES string of the molecule is COc1cccc(CCC(=O)N(C)c2ccc(Oc3ccccc3)cc2)c1OC. The van der Waals surface area contributed by atoms with Crippen molar-refractivity contribution >= 4 is 11.6 Å². The van der Waals surface area contributed by atoms with Crippen LogP contribution in [-0.2, 0) is 11.2 Å². The van der Waals surface area contributed by atoms with Gasteiger partial charge in [-0.15, -0.1) is 0 Å². The van der Waals surface area contributed by atoms with E-state index in [1.54, 1.807) is 26.2 Å². The Hall–Kier alpha value is -3.47. The van der Waals surface area contributed by atoms with Gasteiger partial charge in [0, 0.05) is 19.2 Å². The third-order valence-electron chi connectivity index (χ3n) is 4.67. The van der Waals surface area contributed by atoms with Crippen LogP contribution in [0, 0.1) is 0 Å². The molecule has 0 aliphatic rings. The smallest absolute Gasteiger partial charge is 0.227 e. The molecular formula is C24H25NO4. The van der Waals surface area contributed by atoms with E-state index < -0.39 is 0 Å². The van der Waals surface area contributed by atoms with Gasteiger partial charge >= 0.3 is 0 Å². The van der Waals surface area contributed by atoms with Crippen LogP contribution in [-0.4, -0.2) is 27.2 Å². The number of rotatable bonds is 8. The van der Waals surface area contributed by atoms with E-state index in [2.05, 4.69) is 0 Å². The molecule has 0 saturated carbocycles. The fourth-order valence-electron chi connectivity index (χ4n) is 3.07. The van der Waals surface area contributed by atoms with Gasteiger partial charge in [0.05, 0.1) is 14.2 Å². The molecule has 0 saturated heterocycles. The molecule has 3 aromatic carbocycles. The maximum atomic E-state index is 12.7. The summed E-state index contributed by atoms with van der Waals surface area (Å²) in [5.74, 6) is 2.86. The molecule has 0 atom stereocenters. The zero-order chi connectivity index (χ0) is 20.6. The predicted molar refractivity (Wildman–Crippen MR) is 114 cm³/mol. The highest BCUT2D eigenvalue weighted by Crippen LogP contribution is 2.31. The van der Waals surface area contributed by atoms with Crippen LogP contribution in [0.3, 0.4) is 0 Å². The zero-order valence-electron chi connectivity index (χ0n) is 16.9. The van der Waals surface area contributed by atoms with E-state index >= 15 is 0 Å². The molecule has 3 rings (SSSR count). The van der Waals surface area contributed by atoms with E-state index in [4.69, 9.17) is 14.2 Å². The first kappa shape index (κ1) is 20.3. The van der Waals surface area contributed by atoms with Gasteiger partial charge in [-0.25, -0.2) is 0 Å². The number of carbonyl (C=O) groups is 1. The predicted octanol–water partition coefficient (Wildman–Crippen LogP) is 5.09. The number of anilines is 1. The van der Waals surface area contributed by atoms with E-state index in [1.165, 1.54) is 0 Å². The molecule has 0 spiro atoms. The van der Waals surface area contributed by atoms with Crippen LogP contribution in [0.15, 0.2) is 72.8 Å². The second kappa shape index (κ2) is 9.64. The standard InChI is InChI=1S/C24H25NO4/c1-25(19-13-15-21(16-14-19)29-20-9-5-4-6-10-20)23(26)17-12-18-8-7-11-22(27-2)24(18)28-3/h4-11,13-16H,12,17H2,1-3H3. The number of benzene rings is 3. The molecule has 0 aliphatic heterocycles. The molecule has 5 heteroatoms. The molecule has 3 aromatic rings. The summed E-state index contributed by atoms with van der Waals surface area (Å²) in [5, 5.41) is 0. The van der Waals surface area contributed by atoms with Gasteiger partial charge in [0.25, 0.3) is 0 Å². The second-order valence-electron chi connectivity index (χ2n) is 6.51. The van der Waals surface area contributed by atoms with Crippen molar-refractivity contribution in [2.45, 2.75) is 12.8 Å². The Morgan fingerprint density at radius 1 is 0.828 bits per heavy atom. The first-order valence-electron chi connectivity index (χ1n) is 9.41. The Balaban J connectivity index is 1.62. The molecule has 0 unspecified atom stereocenters. The van der Waals surface area contributed by atoms with Crippen LogP contribution in [0.25, 0.3) is 0 Å². The molecule has 150 valence electrons. The van der Waals surface area contributed by atoms with E-state index in [1.807, 2.05) is 72.8 Å². The van der Waals surface area contributed by atoms with Gasteiger partial charge in [-0.05, 0) is 54.4 Å². The number of para-hydroxylation sites is 2. The van der Waals surface area contributed by atoms with Gasteiger partial charge in [-0.1, -0.05) is 30.3 Å². The van der Waals surface area contributed by atoms with Crippen molar-refractivity contribution in [2.75, 3.05) is 26.2 Å². The lowest BCUT2D eigenvalue weighted by atomic mass is 10.1. The Bertz CT molecular complexity index is 939. The summed E-state index contributed by atoms with van der Waals surface area (Å²) in [4.78, 5) is 14.3. The van der Waals surface area contributed by atoms with Crippen molar-refractivity contribution in [3.8, 4) is 23.0 Å². The summed E-state index contributed by atoms with van der Waals surface area (Å²) in [6.45, 7) is 0. The van der Waals surface area contributed by atoms with Gasteiger partial charge < -0.3 is 19.1 Å². The number of ether oxygens (including phenoxy) is 3. The van der Waals surface area contributed by atoms with Gasteiger partial charge in [-0.2, -0.15) is 0 Å². The van der Waals surface area contributed by atoms with Crippen LogP contribution in [0.1, 0.15) is 12.0 Å². The first-order chi connectivity index (χ1) is 14.1. The summed E-state index contributed by atoms with van der Waals surface area (Å²) in [5.41, 5.74) is 1.76. The molecule has 0 aliphatic carbocycles. The van der Waals surface area contributed by atoms with E-state index in [0.29, 0.717) is 24.3 Å². The lowest BCUT2D eigenvalue weighted by Crippen LogP contribution is -2.26. The summed E-state index contributed by atoms with van der Waals surface area (Å²) >= 11 is 0. The molecular weight excluding hydrogens is 366 g/mol. The fourth-order valence-corrected chi connectivity index (χ4v) is 3.07. The summed E-state index contributed by atoms with van der Waals surface area (Å²) in [6, 6.07) is 22.8. The quantitative estimate of drug-likeness (QED) is 0.537. The summed E-state index contributed by atoms with van der Waals surface area (Å²) < 4.78 is 16.6. The molecule has 0 bridgehead atoms. The minimum Gasteiger partial charge on any atom is -0.493 e. The Morgan fingerprint density at radius 3 is 2.17 bits per heavy atom. The number of hydrogen-bond donors (Lipinski definition) is 0. The lowest BCUT2D eigenvalue weighted by Gasteiger charge is -2.18. The number of amides is 1. The molecule has 0 radical (unpaired) electrons. The molecule has 5 nitrogen and oxygen atoms in total. The van der Waals surface area contributed by atoms with Crippen molar-refractivity contribution in [1.29, 1.82) is 0 Å². The van der Waals surface area contributed by atoms with E-state index in [9.17, 15) is 4.79 Å². The molecule has 1 amide bonds. The van der Waals surface area contributed by atoms with Gasteiger partial charge in [-0.3, -0.25) is 4.79 Å². The van der Waals surface area contributed by atoms with Crippen molar-refractivity contribution in [3.05, 3.63) is 78.4 Å². The highest BCUT2D eigenvalue weighted by molar-refractivity contribution is 5.93. The molecule has 0 heterocycles. The number of nitrogens with zero attached hydrogens (tertiary/aromatic N) is 1. The van der Waals surface area contributed by atoms with Crippen LogP contribution < -0.4 is 19.1 Å². The highest BCUT2D eigenvalue weighted by atomic mass is 16.5. The number of carbonyl (C=O) groups excluding carboxylic acids is 1. The Labute approximate surface area is 171 Å². The topological polar surface area (TPSA) is 48.0 Å². The van der Waals surface area contributed by atoms with Gasteiger partial charge in [0.1, 0.15) is 11.5 Å². The van der Waals surface area contributed by atoms with Crippen molar-refractivity contribution in [3.63, 3.8) is 0 Å². The number of aryl methyl sites for hydroxylation is 1. The second-order valence-corrected chi connectivity index (χ2v) is 6.51. The molecule has 0 N–H and O–H groups in total. The van der Waals surface area contributed by atoms with E-state index in [-0.39, 0.29) is 5.91 Å². The van der Waals surface area contributed by atoms with Crippen LogP contribution in [0.4, 0.5) is 5.69 Å². The molecule has 0 fully saturated rings. The first-order valence-corrected chi connectivity index (χ1v) is 9.41.